The summed E-state index contributed by atoms with van der Waals surface area (Å²) in [6.07, 6.45) is 3.30. The first-order valence-electron chi connectivity index (χ1n) is 10.8. The van der Waals surface area contributed by atoms with Crippen molar-refractivity contribution in [1.29, 1.82) is 5.41 Å². The maximum Gasteiger partial charge on any atom is 0.166 e. The number of hydrogen-bond acceptors (Lipinski definition) is 8. The van der Waals surface area contributed by atoms with E-state index in [-0.39, 0.29) is 24.1 Å². The fourth-order valence-corrected chi connectivity index (χ4v) is 4.00. The maximum absolute atomic E-state index is 14.2. The first kappa shape index (κ1) is 22.8. The van der Waals surface area contributed by atoms with Gasteiger partial charge >= 0.3 is 0 Å². The summed E-state index contributed by atoms with van der Waals surface area (Å²) in [5.74, 6) is 0.209. The Labute approximate surface area is 192 Å². The lowest BCUT2D eigenvalue weighted by atomic mass is 9.90. The molecule has 1 aromatic heterocycles. The standard InChI is InChI=1S/C24H29FN6O2/c1-13-20-7-17(25)3-4-19(20)22(27)15(9-29-2)5-14(8-26)23(31-18-11-32-12-18)16-6-21(33-13)24(28)30-10-16/h3-4,6-7,9-10,13,18,27,29,31H,5,8,11-12,26H2,1-2H3,(H2,28,30)/b15-9-,23-14-,27-22?. The molecule has 0 amide bonds. The third kappa shape index (κ3) is 4.69. The van der Waals surface area contributed by atoms with E-state index in [1.54, 1.807) is 32.4 Å². The van der Waals surface area contributed by atoms with Crippen LogP contribution < -0.4 is 26.8 Å². The second-order valence-corrected chi connectivity index (χ2v) is 8.17. The van der Waals surface area contributed by atoms with Gasteiger partial charge in [-0.15, -0.1) is 0 Å². The number of nitrogens with two attached hydrogens (primary N) is 2. The number of pyridine rings is 1. The van der Waals surface area contributed by atoms with E-state index in [1.807, 2.05) is 6.07 Å². The van der Waals surface area contributed by atoms with Gasteiger partial charge in [0.25, 0.3) is 0 Å². The molecule has 0 spiro atoms. The third-order valence-electron chi connectivity index (χ3n) is 5.83. The molecule has 0 saturated carbocycles. The zero-order valence-electron chi connectivity index (χ0n) is 18.7. The summed E-state index contributed by atoms with van der Waals surface area (Å²) in [6.45, 7) is 3.25. The zero-order valence-corrected chi connectivity index (χ0v) is 18.7. The van der Waals surface area contributed by atoms with Gasteiger partial charge in [0, 0.05) is 54.8 Å². The van der Waals surface area contributed by atoms with E-state index < -0.39 is 11.9 Å². The molecule has 0 radical (unpaired) electrons. The molecule has 0 aliphatic carbocycles. The van der Waals surface area contributed by atoms with E-state index >= 15 is 0 Å². The van der Waals surface area contributed by atoms with Crippen LogP contribution in [-0.2, 0) is 4.74 Å². The molecule has 1 saturated heterocycles. The Morgan fingerprint density at radius 2 is 2.09 bits per heavy atom. The number of anilines is 1. The molecule has 3 heterocycles. The fraction of sp³-hybridized carbons (Fsp3) is 0.333. The van der Waals surface area contributed by atoms with Crippen LogP contribution in [0.25, 0.3) is 5.70 Å². The Morgan fingerprint density at radius 3 is 2.76 bits per heavy atom. The number of hydrogen-bond donors (Lipinski definition) is 5. The number of halogens is 1. The molecule has 33 heavy (non-hydrogen) atoms. The molecular formula is C24H29FN6O2. The largest absolute Gasteiger partial charge is 0.482 e. The van der Waals surface area contributed by atoms with Crippen molar-refractivity contribution in [2.45, 2.75) is 25.5 Å². The summed E-state index contributed by atoms with van der Waals surface area (Å²) >= 11 is 0. The second-order valence-electron chi connectivity index (χ2n) is 8.17. The molecule has 174 valence electrons. The van der Waals surface area contributed by atoms with Crippen molar-refractivity contribution in [1.82, 2.24) is 15.6 Å². The molecule has 7 N–H and O–H groups in total. The Morgan fingerprint density at radius 1 is 1.30 bits per heavy atom. The van der Waals surface area contributed by atoms with Crippen LogP contribution in [0.4, 0.5) is 10.2 Å². The predicted octanol–water partition coefficient (Wildman–Crippen LogP) is 2.48. The second kappa shape index (κ2) is 9.60. The first-order valence-corrected chi connectivity index (χ1v) is 10.8. The molecule has 8 nitrogen and oxygen atoms in total. The smallest absolute Gasteiger partial charge is 0.166 e. The summed E-state index contributed by atoms with van der Waals surface area (Å²) < 4.78 is 25.7. The predicted molar refractivity (Wildman–Crippen MR) is 126 cm³/mol. The van der Waals surface area contributed by atoms with Gasteiger partial charge in [-0.1, -0.05) is 0 Å². The van der Waals surface area contributed by atoms with Crippen molar-refractivity contribution < 1.29 is 13.9 Å². The topological polar surface area (TPSA) is 131 Å². The van der Waals surface area contributed by atoms with Crippen molar-refractivity contribution >= 4 is 17.2 Å². The van der Waals surface area contributed by atoms with Crippen LogP contribution in [0.15, 0.2) is 47.8 Å². The van der Waals surface area contributed by atoms with Gasteiger partial charge in [-0.25, -0.2) is 9.37 Å². The highest BCUT2D eigenvalue weighted by atomic mass is 19.1. The minimum Gasteiger partial charge on any atom is -0.482 e. The summed E-state index contributed by atoms with van der Waals surface area (Å²) in [5, 5.41) is 15.5. The molecule has 2 aromatic rings. The Hall–Kier alpha value is -3.43. The lowest BCUT2D eigenvalue weighted by Crippen LogP contribution is -2.45. The Bertz CT molecular complexity index is 1130. The number of allylic oxidation sites excluding steroid dienone is 1. The number of ether oxygens (including phenoxy) is 2. The fourth-order valence-electron chi connectivity index (χ4n) is 4.00. The first-order chi connectivity index (χ1) is 15.9. The third-order valence-corrected chi connectivity index (χ3v) is 5.83. The zero-order chi connectivity index (χ0) is 23.5. The van der Waals surface area contributed by atoms with Gasteiger partial charge in [-0.05, 0) is 42.3 Å². The van der Waals surface area contributed by atoms with E-state index in [4.69, 9.17) is 26.4 Å². The van der Waals surface area contributed by atoms with E-state index in [0.717, 1.165) is 16.8 Å². The molecule has 2 bridgehead atoms. The number of fused-ring (bicyclic) bond motifs is 3. The molecule has 1 aromatic carbocycles. The van der Waals surface area contributed by atoms with Gasteiger partial charge in [0.15, 0.2) is 11.6 Å². The summed E-state index contributed by atoms with van der Waals surface area (Å²) in [5.41, 5.74) is 16.9. The minimum absolute atomic E-state index is 0.148. The van der Waals surface area contributed by atoms with E-state index in [1.165, 1.54) is 12.1 Å². The SMILES string of the molecule is CN/C=C1/C/C(CN)=C(/NC2COC2)c2cnc(N)c(c2)OC(C)c2cc(F)ccc2C1=N. The number of nitrogens with zero attached hydrogens (tertiary/aromatic N) is 1. The number of rotatable bonds is 4. The summed E-state index contributed by atoms with van der Waals surface area (Å²) in [4.78, 5) is 4.34. The van der Waals surface area contributed by atoms with Crippen LogP contribution in [0.5, 0.6) is 5.75 Å². The van der Waals surface area contributed by atoms with Gasteiger partial charge in [-0.3, -0.25) is 5.41 Å². The van der Waals surface area contributed by atoms with Gasteiger partial charge in [0.1, 0.15) is 11.9 Å². The number of aromatic nitrogens is 1. The molecule has 9 heteroatoms. The van der Waals surface area contributed by atoms with Crippen molar-refractivity contribution in [2.24, 2.45) is 5.73 Å². The summed E-state index contributed by atoms with van der Waals surface area (Å²) in [7, 11) is 1.78. The van der Waals surface area contributed by atoms with Crippen molar-refractivity contribution in [3.05, 3.63) is 70.3 Å². The Kier molecular flexibility index (Phi) is 6.62. The van der Waals surface area contributed by atoms with Crippen molar-refractivity contribution in [2.75, 3.05) is 32.5 Å². The van der Waals surface area contributed by atoms with Crippen molar-refractivity contribution in [3.63, 3.8) is 0 Å². The summed E-state index contributed by atoms with van der Waals surface area (Å²) in [6, 6.07) is 6.33. The normalized spacial score (nSPS) is 22.5. The van der Waals surface area contributed by atoms with Gasteiger partial charge in [0.2, 0.25) is 0 Å². The average Bonchev–Trinajstić information content (AvgIpc) is 2.77. The van der Waals surface area contributed by atoms with Crippen LogP contribution in [0.2, 0.25) is 0 Å². The highest BCUT2D eigenvalue weighted by molar-refractivity contribution is 6.12. The minimum atomic E-state index is -0.569. The van der Waals surface area contributed by atoms with Gasteiger partial charge in [0.05, 0.1) is 25.0 Å². The van der Waals surface area contributed by atoms with Crippen LogP contribution in [-0.4, -0.2) is 43.5 Å². The lowest BCUT2D eigenvalue weighted by molar-refractivity contribution is 0.00197. The molecule has 1 unspecified atom stereocenters. The van der Waals surface area contributed by atoms with Crippen molar-refractivity contribution in [3.8, 4) is 5.75 Å². The van der Waals surface area contributed by atoms with Gasteiger partial charge < -0.3 is 31.6 Å². The number of benzene rings is 1. The van der Waals surface area contributed by atoms with E-state index in [9.17, 15) is 4.39 Å². The van der Waals surface area contributed by atoms with E-state index in [0.29, 0.717) is 42.1 Å². The quantitative estimate of drug-likeness (QED) is 0.482. The molecular weight excluding hydrogens is 423 g/mol. The number of nitrogens with one attached hydrogen (secondary N) is 3. The maximum atomic E-state index is 14.2. The van der Waals surface area contributed by atoms with Gasteiger partial charge in [-0.2, -0.15) is 0 Å². The highest BCUT2D eigenvalue weighted by Crippen LogP contribution is 2.34. The molecule has 4 rings (SSSR count). The van der Waals surface area contributed by atoms with E-state index in [2.05, 4.69) is 15.6 Å². The van der Waals surface area contributed by atoms with Crippen LogP contribution >= 0.6 is 0 Å². The molecule has 2 aliphatic heterocycles. The highest BCUT2D eigenvalue weighted by Gasteiger charge is 2.25. The number of nitrogen functional groups attached to an aromatic ring is 1. The lowest BCUT2D eigenvalue weighted by Gasteiger charge is -2.31. The average molecular weight is 453 g/mol. The molecule has 2 aliphatic rings. The molecule has 1 fully saturated rings. The monoisotopic (exact) mass is 452 g/mol. The van der Waals surface area contributed by atoms with Crippen LogP contribution in [0.1, 0.15) is 36.1 Å². The molecule has 1 atom stereocenters. The van der Waals surface area contributed by atoms with Crippen LogP contribution in [0.3, 0.4) is 0 Å². The van der Waals surface area contributed by atoms with Crippen LogP contribution in [0, 0.1) is 11.2 Å². The Balaban J connectivity index is 1.93.